The molecule has 2 amide bonds. The third-order valence-electron chi connectivity index (χ3n) is 2.94. The summed E-state index contributed by atoms with van der Waals surface area (Å²) in [5.41, 5.74) is 0.449. The molecule has 1 atom stereocenters. The number of nitrogens with zero attached hydrogens (tertiary/aromatic N) is 2. The summed E-state index contributed by atoms with van der Waals surface area (Å²) in [6.45, 7) is -0.0160. The second kappa shape index (κ2) is 5.61. The fourth-order valence-electron chi connectivity index (χ4n) is 1.85. The molecule has 0 saturated carbocycles. The number of amides is 2. The predicted molar refractivity (Wildman–Crippen MR) is 72.0 cm³/mol. The Morgan fingerprint density at radius 3 is 2.79 bits per heavy atom. The molecule has 1 aromatic carbocycles. The van der Waals surface area contributed by atoms with Crippen molar-refractivity contribution >= 4 is 23.6 Å². The van der Waals surface area contributed by atoms with E-state index in [1.165, 1.54) is 27.6 Å². The van der Waals surface area contributed by atoms with Crippen molar-refractivity contribution in [3.63, 3.8) is 0 Å². The molecule has 6 heteroatoms. The van der Waals surface area contributed by atoms with Crippen LogP contribution in [-0.4, -0.2) is 48.0 Å². The van der Waals surface area contributed by atoms with E-state index in [-0.39, 0.29) is 29.9 Å². The highest BCUT2D eigenvalue weighted by atomic mass is 32.2. The first-order chi connectivity index (χ1) is 9.00. The first-order valence-electron chi connectivity index (χ1n) is 5.86. The van der Waals surface area contributed by atoms with Gasteiger partial charge in [-0.2, -0.15) is 0 Å². The maximum absolute atomic E-state index is 13.8. The van der Waals surface area contributed by atoms with Gasteiger partial charge < -0.3 is 9.80 Å². The molecule has 0 radical (unpaired) electrons. The third kappa shape index (κ3) is 2.89. The van der Waals surface area contributed by atoms with Gasteiger partial charge in [-0.25, -0.2) is 4.39 Å². The number of hydrogen-bond donors (Lipinski definition) is 0. The molecular weight excluding hydrogens is 267 g/mol. The Bertz CT molecular complexity index is 507. The van der Waals surface area contributed by atoms with Gasteiger partial charge in [-0.15, -0.1) is 11.8 Å². The minimum Gasteiger partial charge on any atom is -0.347 e. The first kappa shape index (κ1) is 13.9. The van der Waals surface area contributed by atoms with Gasteiger partial charge in [0, 0.05) is 19.7 Å². The van der Waals surface area contributed by atoms with Crippen molar-refractivity contribution in [2.75, 3.05) is 26.4 Å². The molecule has 0 aromatic heterocycles. The van der Waals surface area contributed by atoms with Crippen LogP contribution >= 0.6 is 11.8 Å². The number of rotatable bonds is 3. The largest absolute Gasteiger partial charge is 0.347 e. The van der Waals surface area contributed by atoms with Gasteiger partial charge in [-0.05, 0) is 6.07 Å². The number of carbonyl (C=O) groups is 2. The van der Waals surface area contributed by atoms with Crippen LogP contribution in [0.2, 0.25) is 0 Å². The van der Waals surface area contributed by atoms with E-state index in [9.17, 15) is 14.0 Å². The molecule has 102 valence electrons. The van der Waals surface area contributed by atoms with E-state index in [0.717, 1.165) is 0 Å². The Hall–Kier alpha value is -1.56. The zero-order valence-electron chi connectivity index (χ0n) is 10.8. The van der Waals surface area contributed by atoms with E-state index in [1.807, 2.05) is 0 Å². The average molecular weight is 282 g/mol. The van der Waals surface area contributed by atoms with Gasteiger partial charge in [0.1, 0.15) is 17.7 Å². The topological polar surface area (TPSA) is 40.6 Å². The minimum absolute atomic E-state index is 0.0160. The lowest BCUT2D eigenvalue weighted by molar-refractivity contribution is -0.137. The number of hydrogen-bond acceptors (Lipinski definition) is 3. The summed E-state index contributed by atoms with van der Waals surface area (Å²) in [7, 11) is 3.27. The molecular formula is C13H15FN2O2S. The van der Waals surface area contributed by atoms with Crippen LogP contribution < -0.4 is 0 Å². The van der Waals surface area contributed by atoms with Crippen LogP contribution in [0.1, 0.15) is 10.9 Å². The number of benzene rings is 1. The highest BCUT2D eigenvalue weighted by Gasteiger charge is 2.35. The lowest BCUT2D eigenvalue weighted by Crippen LogP contribution is -2.38. The Morgan fingerprint density at radius 1 is 1.47 bits per heavy atom. The zero-order chi connectivity index (χ0) is 14.0. The summed E-state index contributed by atoms with van der Waals surface area (Å²) in [6, 6.07) is 6.35. The number of thioether (sulfide) groups is 1. The molecule has 0 unspecified atom stereocenters. The molecule has 4 nitrogen and oxygen atoms in total. The van der Waals surface area contributed by atoms with Crippen molar-refractivity contribution < 1.29 is 14.0 Å². The van der Waals surface area contributed by atoms with Crippen molar-refractivity contribution in [3.8, 4) is 0 Å². The van der Waals surface area contributed by atoms with E-state index in [4.69, 9.17) is 0 Å². The smallest absolute Gasteiger partial charge is 0.241 e. The summed E-state index contributed by atoms with van der Waals surface area (Å²) in [4.78, 5) is 26.4. The summed E-state index contributed by atoms with van der Waals surface area (Å²) in [5.74, 6) is -0.373. The van der Waals surface area contributed by atoms with Gasteiger partial charge in [0.15, 0.2) is 0 Å². The summed E-state index contributed by atoms with van der Waals surface area (Å²) >= 11 is 1.35. The molecule has 0 aliphatic carbocycles. The Kier molecular flexibility index (Phi) is 4.09. The van der Waals surface area contributed by atoms with Gasteiger partial charge in [0.25, 0.3) is 0 Å². The SMILES string of the molecule is CN(C)C(=O)CN1C(=O)CS[C@@H]1c1ccccc1F. The quantitative estimate of drug-likeness (QED) is 0.843. The second-order valence-electron chi connectivity index (χ2n) is 4.49. The van der Waals surface area contributed by atoms with Crippen LogP contribution in [0.15, 0.2) is 24.3 Å². The Morgan fingerprint density at radius 2 is 2.16 bits per heavy atom. The maximum atomic E-state index is 13.8. The van der Waals surface area contributed by atoms with Gasteiger partial charge in [0.2, 0.25) is 11.8 Å². The third-order valence-corrected chi connectivity index (χ3v) is 4.18. The molecule has 1 aliphatic heterocycles. The predicted octanol–water partition coefficient (Wildman–Crippen LogP) is 1.49. The normalized spacial score (nSPS) is 18.8. The standard InChI is InChI=1S/C13H15FN2O2S/c1-15(2)11(17)7-16-12(18)8-19-13(16)9-5-3-4-6-10(9)14/h3-6,13H,7-8H2,1-2H3/t13-/m1/s1. The molecule has 0 spiro atoms. The fraction of sp³-hybridized carbons (Fsp3) is 0.385. The average Bonchev–Trinajstić information content (AvgIpc) is 2.72. The van der Waals surface area contributed by atoms with E-state index in [0.29, 0.717) is 5.56 Å². The Labute approximate surface area is 115 Å². The molecule has 1 heterocycles. The van der Waals surface area contributed by atoms with E-state index < -0.39 is 5.37 Å². The maximum Gasteiger partial charge on any atom is 0.241 e. The molecule has 1 aliphatic rings. The minimum atomic E-state index is -0.419. The highest BCUT2D eigenvalue weighted by Crippen LogP contribution is 2.39. The number of carbonyl (C=O) groups excluding carboxylic acids is 2. The number of likely N-dealkylation sites (N-methyl/N-ethyl adjacent to an activating group) is 1. The van der Waals surface area contributed by atoms with Crippen LogP contribution in [-0.2, 0) is 9.59 Å². The molecule has 1 aromatic rings. The van der Waals surface area contributed by atoms with Crippen LogP contribution in [0.25, 0.3) is 0 Å². The number of halogens is 1. The van der Waals surface area contributed by atoms with Crippen LogP contribution in [0.4, 0.5) is 4.39 Å². The van der Waals surface area contributed by atoms with Crippen molar-refractivity contribution in [1.82, 2.24) is 9.80 Å². The second-order valence-corrected chi connectivity index (χ2v) is 5.56. The zero-order valence-corrected chi connectivity index (χ0v) is 11.6. The van der Waals surface area contributed by atoms with Gasteiger partial charge in [0.05, 0.1) is 5.75 Å². The lowest BCUT2D eigenvalue weighted by atomic mass is 10.2. The lowest BCUT2D eigenvalue weighted by Gasteiger charge is -2.25. The monoisotopic (exact) mass is 282 g/mol. The van der Waals surface area contributed by atoms with E-state index >= 15 is 0 Å². The summed E-state index contributed by atoms with van der Waals surface area (Å²) in [5, 5.41) is -0.419. The first-order valence-corrected chi connectivity index (χ1v) is 6.91. The summed E-state index contributed by atoms with van der Waals surface area (Å²) in [6.07, 6.45) is 0. The molecule has 1 fully saturated rings. The van der Waals surface area contributed by atoms with Gasteiger partial charge in [-0.3, -0.25) is 9.59 Å². The van der Waals surface area contributed by atoms with Crippen LogP contribution in [0.3, 0.4) is 0 Å². The fourth-order valence-corrected chi connectivity index (χ4v) is 3.05. The van der Waals surface area contributed by atoms with E-state index in [2.05, 4.69) is 0 Å². The highest BCUT2D eigenvalue weighted by molar-refractivity contribution is 8.00. The van der Waals surface area contributed by atoms with Crippen molar-refractivity contribution in [3.05, 3.63) is 35.6 Å². The molecule has 2 rings (SSSR count). The van der Waals surface area contributed by atoms with E-state index in [1.54, 1.807) is 32.3 Å². The van der Waals surface area contributed by atoms with Crippen molar-refractivity contribution in [2.24, 2.45) is 0 Å². The van der Waals surface area contributed by atoms with Crippen LogP contribution in [0, 0.1) is 5.82 Å². The molecule has 19 heavy (non-hydrogen) atoms. The summed E-state index contributed by atoms with van der Waals surface area (Å²) < 4.78 is 13.8. The van der Waals surface area contributed by atoms with Crippen molar-refractivity contribution in [2.45, 2.75) is 5.37 Å². The molecule has 0 N–H and O–H groups in total. The molecule has 0 bridgehead atoms. The Balaban J connectivity index is 2.23. The van der Waals surface area contributed by atoms with Crippen molar-refractivity contribution in [1.29, 1.82) is 0 Å². The van der Waals surface area contributed by atoms with Gasteiger partial charge in [-0.1, -0.05) is 18.2 Å². The van der Waals surface area contributed by atoms with Crippen LogP contribution in [0.5, 0.6) is 0 Å². The van der Waals surface area contributed by atoms with Gasteiger partial charge >= 0.3 is 0 Å². The molecule has 1 saturated heterocycles.